The summed E-state index contributed by atoms with van der Waals surface area (Å²) >= 11 is 0.604. The highest BCUT2D eigenvalue weighted by Crippen LogP contribution is 2.37. The van der Waals surface area contributed by atoms with Crippen LogP contribution in [0.5, 0.6) is 5.06 Å². The number of anilines is 1. The van der Waals surface area contributed by atoms with Gasteiger partial charge in [0.15, 0.2) is 5.06 Å². The van der Waals surface area contributed by atoms with E-state index in [1.54, 1.807) is 0 Å². The van der Waals surface area contributed by atoms with Crippen molar-refractivity contribution in [2.75, 3.05) is 11.9 Å². The van der Waals surface area contributed by atoms with E-state index in [1.165, 1.54) is 0 Å². The van der Waals surface area contributed by atoms with Gasteiger partial charge >= 0.3 is 4.87 Å². The summed E-state index contributed by atoms with van der Waals surface area (Å²) in [6.07, 6.45) is 0.410. The maximum Gasteiger partial charge on any atom is 0.310 e. The van der Waals surface area contributed by atoms with E-state index in [2.05, 4.69) is 33.3 Å². The van der Waals surface area contributed by atoms with Gasteiger partial charge in [0, 0.05) is 24.9 Å². The largest absolute Gasteiger partial charge is 0.499 e. The van der Waals surface area contributed by atoms with Gasteiger partial charge in [-0.3, -0.25) is 25.0 Å². The number of fused-ring (bicyclic) bond motifs is 1. The van der Waals surface area contributed by atoms with Crippen molar-refractivity contribution < 1.29 is 5.11 Å². The Labute approximate surface area is 181 Å². The Balaban J connectivity index is 1.59. The fourth-order valence-electron chi connectivity index (χ4n) is 4.31. The van der Waals surface area contributed by atoms with Crippen molar-refractivity contribution in [2.24, 2.45) is 10.9 Å². The van der Waals surface area contributed by atoms with Crippen LogP contribution < -0.4 is 26.6 Å². The number of aromatic hydroxyl groups is 1. The minimum absolute atomic E-state index is 0.0586. The molecule has 1 saturated heterocycles. The van der Waals surface area contributed by atoms with Gasteiger partial charge in [-0.05, 0) is 29.0 Å². The molecule has 9 heteroatoms. The second-order valence-electron chi connectivity index (χ2n) is 7.63. The number of benzene rings is 2. The number of aromatic nitrogens is 1. The quantitative estimate of drug-likeness (QED) is 0.431. The summed E-state index contributed by atoms with van der Waals surface area (Å²) < 4.78 is 0. The number of aromatic amines is 1. The first-order valence-electron chi connectivity index (χ1n) is 10.0. The fourth-order valence-corrected chi connectivity index (χ4v) is 4.94. The predicted octanol–water partition coefficient (Wildman–Crippen LogP) is 2.27. The van der Waals surface area contributed by atoms with Gasteiger partial charge in [-0.25, -0.2) is 5.43 Å². The van der Waals surface area contributed by atoms with Crippen molar-refractivity contribution >= 4 is 28.4 Å². The van der Waals surface area contributed by atoms with E-state index in [4.69, 9.17) is 4.99 Å². The molecule has 158 valence electrons. The van der Waals surface area contributed by atoms with Crippen LogP contribution in [0.25, 0.3) is 0 Å². The number of nitrogens with one attached hydrogen (secondary N) is 4. The Morgan fingerprint density at radius 3 is 2.61 bits per heavy atom. The van der Waals surface area contributed by atoms with E-state index in [1.807, 2.05) is 42.5 Å². The van der Waals surface area contributed by atoms with E-state index in [0.717, 1.165) is 17.8 Å². The Bertz CT molecular complexity index is 1250. The van der Waals surface area contributed by atoms with Crippen LogP contribution in [0.1, 0.15) is 23.6 Å². The molecule has 3 atom stereocenters. The number of para-hydroxylation sites is 2. The van der Waals surface area contributed by atoms with Crippen molar-refractivity contribution in [3.63, 3.8) is 0 Å². The molecule has 0 radical (unpaired) electrons. The lowest BCUT2D eigenvalue weighted by molar-refractivity contribution is 0.420. The third kappa shape index (κ3) is 3.78. The van der Waals surface area contributed by atoms with E-state index in [0.29, 0.717) is 29.2 Å². The minimum atomic E-state index is -0.625. The molecular weight excluding hydrogens is 414 g/mol. The first kappa shape index (κ1) is 19.7. The van der Waals surface area contributed by atoms with Crippen LogP contribution in [0.15, 0.2) is 69.2 Å². The summed E-state index contributed by atoms with van der Waals surface area (Å²) in [4.78, 5) is 30.6. The van der Waals surface area contributed by atoms with Gasteiger partial charge in [-0.2, -0.15) is 0 Å². The van der Waals surface area contributed by atoms with Crippen molar-refractivity contribution in [1.82, 2.24) is 15.8 Å². The minimum Gasteiger partial charge on any atom is -0.499 e. The third-order valence-corrected chi connectivity index (χ3v) is 6.43. The highest BCUT2D eigenvalue weighted by atomic mass is 32.1. The third-order valence-electron chi connectivity index (χ3n) is 5.75. The molecule has 2 aromatic carbocycles. The van der Waals surface area contributed by atoms with Gasteiger partial charge in [0.25, 0.3) is 5.56 Å². The molecule has 3 aromatic rings. The molecule has 0 bridgehead atoms. The average molecular weight is 436 g/mol. The predicted molar refractivity (Wildman–Crippen MR) is 121 cm³/mol. The molecule has 0 amide bonds. The molecule has 2 aliphatic heterocycles. The van der Waals surface area contributed by atoms with Gasteiger partial charge in [0.2, 0.25) is 0 Å². The fraction of sp³-hybridized carbons (Fsp3) is 0.227. The second kappa shape index (κ2) is 8.10. The number of aliphatic imine (C=N–C) groups is 1. The summed E-state index contributed by atoms with van der Waals surface area (Å²) in [5.74, 6) is 0.141. The smallest absolute Gasteiger partial charge is 0.310 e. The molecule has 3 unspecified atom stereocenters. The summed E-state index contributed by atoms with van der Waals surface area (Å²) in [7, 11) is 0. The standard InChI is InChI=1S/C22H21N5O3S/c28-20-18(21(29)31-22(30)26-20)17-10-16(24-14-8-4-5-9-15(14)25-17)13-11-23-27-19(13)12-6-2-1-3-7-12/h1-9,13,16,19,23-24,27,29H,10-11H2,(H,26,28,30). The molecule has 1 fully saturated rings. The molecular formula is C22H21N5O3S. The topological polar surface area (TPSA) is 119 Å². The van der Waals surface area contributed by atoms with Crippen LogP contribution in [-0.4, -0.2) is 28.4 Å². The molecule has 0 spiro atoms. The van der Waals surface area contributed by atoms with Gasteiger partial charge in [0.1, 0.15) is 5.56 Å². The number of hydrogen-bond donors (Lipinski definition) is 5. The van der Waals surface area contributed by atoms with E-state index < -0.39 is 10.4 Å². The van der Waals surface area contributed by atoms with Gasteiger partial charge in [0.05, 0.1) is 23.1 Å². The summed E-state index contributed by atoms with van der Waals surface area (Å²) in [5, 5.41) is 13.7. The normalized spacial score (nSPS) is 22.8. The maximum absolute atomic E-state index is 12.6. The van der Waals surface area contributed by atoms with Crippen molar-refractivity contribution in [2.45, 2.75) is 18.5 Å². The summed E-state index contributed by atoms with van der Waals surface area (Å²) in [6, 6.07) is 17.8. The average Bonchev–Trinajstić information content (AvgIpc) is 3.16. The Morgan fingerprint density at radius 2 is 1.81 bits per heavy atom. The SMILES string of the molecule is O=c1[nH]c(=O)c(C2=Nc3ccccc3NC(C3CNNC3c3ccccc3)C2)c(O)s1. The lowest BCUT2D eigenvalue weighted by atomic mass is 9.85. The summed E-state index contributed by atoms with van der Waals surface area (Å²) in [5.41, 5.74) is 9.22. The maximum atomic E-state index is 12.6. The zero-order chi connectivity index (χ0) is 21.4. The van der Waals surface area contributed by atoms with Crippen LogP contribution in [-0.2, 0) is 0 Å². The Morgan fingerprint density at radius 1 is 1.03 bits per heavy atom. The van der Waals surface area contributed by atoms with Crippen molar-refractivity contribution in [3.8, 4) is 5.06 Å². The zero-order valence-corrected chi connectivity index (χ0v) is 17.3. The van der Waals surface area contributed by atoms with Crippen LogP contribution in [0.2, 0.25) is 0 Å². The monoisotopic (exact) mass is 435 g/mol. The second-order valence-corrected chi connectivity index (χ2v) is 8.59. The number of hydrazine groups is 1. The Hall–Kier alpha value is -3.27. The van der Waals surface area contributed by atoms with Crippen LogP contribution >= 0.6 is 11.3 Å². The van der Waals surface area contributed by atoms with Crippen LogP contribution in [0.3, 0.4) is 0 Å². The number of H-pyrrole nitrogens is 1. The molecule has 2 aliphatic rings. The number of nitrogens with zero attached hydrogens (tertiary/aromatic N) is 1. The molecule has 1 aromatic heterocycles. The first-order chi connectivity index (χ1) is 15.1. The van der Waals surface area contributed by atoms with Gasteiger partial charge < -0.3 is 10.4 Å². The van der Waals surface area contributed by atoms with Gasteiger partial charge in [-0.15, -0.1) is 0 Å². The molecule has 31 heavy (non-hydrogen) atoms. The number of rotatable bonds is 3. The Kier molecular flexibility index (Phi) is 5.14. The molecule has 5 rings (SSSR count). The first-order valence-corrected chi connectivity index (χ1v) is 10.8. The number of hydrogen-bond acceptors (Lipinski definition) is 8. The highest BCUT2D eigenvalue weighted by Gasteiger charge is 2.37. The van der Waals surface area contributed by atoms with Crippen molar-refractivity contribution in [1.29, 1.82) is 0 Å². The van der Waals surface area contributed by atoms with Crippen LogP contribution in [0, 0.1) is 5.92 Å². The van der Waals surface area contributed by atoms with E-state index in [-0.39, 0.29) is 28.6 Å². The van der Waals surface area contributed by atoms with E-state index in [9.17, 15) is 14.7 Å². The molecule has 0 aliphatic carbocycles. The van der Waals surface area contributed by atoms with Crippen LogP contribution in [0.4, 0.5) is 11.4 Å². The lowest BCUT2D eigenvalue weighted by Crippen LogP contribution is -2.36. The highest BCUT2D eigenvalue weighted by molar-refractivity contribution is 7.11. The zero-order valence-electron chi connectivity index (χ0n) is 16.5. The lowest BCUT2D eigenvalue weighted by Gasteiger charge is -2.29. The van der Waals surface area contributed by atoms with Crippen molar-refractivity contribution in [3.05, 3.63) is 85.7 Å². The molecule has 5 N–H and O–H groups in total. The van der Waals surface area contributed by atoms with Gasteiger partial charge in [-0.1, -0.05) is 42.5 Å². The molecule has 0 saturated carbocycles. The van der Waals surface area contributed by atoms with E-state index >= 15 is 0 Å². The molecule has 3 heterocycles. The molecule has 8 nitrogen and oxygen atoms in total. The summed E-state index contributed by atoms with van der Waals surface area (Å²) in [6.45, 7) is 0.719.